The highest BCUT2D eigenvalue weighted by Crippen LogP contribution is 2.18. The van der Waals surface area contributed by atoms with E-state index in [2.05, 4.69) is 15.5 Å². The number of nitrogens with zero attached hydrogens (tertiary/aromatic N) is 3. The second kappa shape index (κ2) is 9.07. The number of furan rings is 1. The maximum Gasteiger partial charge on any atom is 0.255 e. The van der Waals surface area contributed by atoms with Crippen molar-refractivity contribution in [1.29, 1.82) is 0 Å². The van der Waals surface area contributed by atoms with E-state index < -0.39 is 22.5 Å². The number of hydrogen-bond acceptors (Lipinski definition) is 6. The summed E-state index contributed by atoms with van der Waals surface area (Å²) in [6.45, 7) is -0.501. The van der Waals surface area contributed by atoms with E-state index in [4.69, 9.17) is 4.42 Å². The van der Waals surface area contributed by atoms with Crippen LogP contribution in [-0.4, -0.2) is 36.4 Å². The number of rotatable bonds is 8. The summed E-state index contributed by atoms with van der Waals surface area (Å²) in [4.78, 5) is 16.4. The number of carbonyl (C=O) groups is 1. The van der Waals surface area contributed by atoms with Crippen LogP contribution in [0.3, 0.4) is 0 Å². The van der Waals surface area contributed by atoms with Gasteiger partial charge in [-0.25, -0.2) is 13.8 Å². The van der Waals surface area contributed by atoms with E-state index in [9.17, 15) is 13.2 Å². The summed E-state index contributed by atoms with van der Waals surface area (Å²) in [5, 5.41) is 3.81. The Bertz CT molecular complexity index is 1020. The van der Waals surface area contributed by atoms with Crippen LogP contribution >= 0.6 is 0 Å². The SMILES string of the molecule is O=C(CN(Cc1ccco1)S(=O)(=O)c1ccccc1)N/N=C\c1ccccn1. The van der Waals surface area contributed by atoms with Crippen LogP contribution in [0.4, 0.5) is 0 Å². The Morgan fingerprint density at radius 1 is 1.11 bits per heavy atom. The highest BCUT2D eigenvalue weighted by atomic mass is 32.2. The molecular weight excluding hydrogens is 380 g/mol. The van der Waals surface area contributed by atoms with Crippen molar-refractivity contribution in [2.75, 3.05) is 6.54 Å². The molecule has 0 bridgehead atoms. The minimum atomic E-state index is -3.90. The molecule has 0 spiro atoms. The molecule has 0 aliphatic rings. The van der Waals surface area contributed by atoms with Crippen LogP contribution in [0.2, 0.25) is 0 Å². The molecule has 2 heterocycles. The lowest BCUT2D eigenvalue weighted by atomic mass is 10.4. The van der Waals surface area contributed by atoms with Gasteiger partial charge in [0.25, 0.3) is 5.91 Å². The summed E-state index contributed by atoms with van der Waals surface area (Å²) in [6, 6.07) is 16.5. The van der Waals surface area contributed by atoms with Gasteiger partial charge in [-0.05, 0) is 36.4 Å². The second-order valence-corrected chi connectivity index (χ2v) is 7.65. The molecule has 0 saturated carbocycles. The van der Waals surface area contributed by atoms with Crippen molar-refractivity contribution >= 4 is 22.1 Å². The Hall–Kier alpha value is -3.30. The van der Waals surface area contributed by atoms with E-state index in [-0.39, 0.29) is 11.4 Å². The number of carbonyl (C=O) groups excluding carboxylic acids is 1. The summed E-state index contributed by atoms with van der Waals surface area (Å²) in [7, 11) is -3.90. The molecule has 8 nitrogen and oxygen atoms in total. The number of nitrogens with one attached hydrogen (secondary N) is 1. The fraction of sp³-hybridized carbons (Fsp3) is 0.105. The van der Waals surface area contributed by atoms with Crippen LogP contribution < -0.4 is 5.43 Å². The van der Waals surface area contributed by atoms with E-state index in [1.807, 2.05) is 0 Å². The third kappa shape index (κ3) is 5.12. The monoisotopic (exact) mass is 398 g/mol. The van der Waals surface area contributed by atoms with E-state index >= 15 is 0 Å². The first-order chi connectivity index (χ1) is 13.6. The number of pyridine rings is 1. The maximum absolute atomic E-state index is 12.9. The number of benzene rings is 1. The molecule has 9 heteroatoms. The van der Waals surface area contributed by atoms with Crippen molar-refractivity contribution in [1.82, 2.24) is 14.7 Å². The number of sulfonamides is 1. The summed E-state index contributed by atoms with van der Waals surface area (Å²) in [5.41, 5.74) is 2.88. The molecule has 0 atom stereocenters. The van der Waals surface area contributed by atoms with Gasteiger partial charge in [0.1, 0.15) is 5.76 Å². The summed E-state index contributed by atoms with van der Waals surface area (Å²) >= 11 is 0. The van der Waals surface area contributed by atoms with E-state index in [1.54, 1.807) is 54.7 Å². The molecule has 0 saturated heterocycles. The van der Waals surface area contributed by atoms with E-state index in [1.165, 1.54) is 24.6 Å². The standard InChI is InChI=1S/C19H18N4O4S/c24-19(22-21-13-16-7-4-5-11-20-16)15-23(14-17-8-6-12-27-17)28(25,26)18-9-2-1-3-10-18/h1-13H,14-15H2,(H,22,24)/b21-13-. The highest BCUT2D eigenvalue weighted by molar-refractivity contribution is 7.89. The molecule has 1 amide bonds. The van der Waals surface area contributed by atoms with Crippen LogP contribution in [0.15, 0.2) is 87.5 Å². The van der Waals surface area contributed by atoms with Crippen molar-refractivity contribution in [2.45, 2.75) is 11.4 Å². The van der Waals surface area contributed by atoms with Gasteiger partial charge in [-0.1, -0.05) is 24.3 Å². The van der Waals surface area contributed by atoms with Gasteiger partial charge < -0.3 is 4.42 Å². The molecule has 3 rings (SSSR count). The predicted octanol–water partition coefficient (Wildman–Crippen LogP) is 2.02. The average Bonchev–Trinajstić information content (AvgIpc) is 3.22. The van der Waals surface area contributed by atoms with Gasteiger partial charge in [0.2, 0.25) is 10.0 Å². The molecule has 1 aromatic carbocycles. The van der Waals surface area contributed by atoms with E-state index in [0.717, 1.165) is 4.31 Å². The fourth-order valence-corrected chi connectivity index (χ4v) is 3.75. The zero-order valence-corrected chi connectivity index (χ0v) is 15.6. The summed E-state index contributed by atoms with van der Waals surface area (Å²) in [6.07, 6.45) is 4.42. The molecular formula is C19H18N4O4S. The van der Waals surface area contributed by atoms with Gasteiger partial charge in [-0.3, -0.25) is 9.78 Å². The van der Waals surface area contributed by atoms with Gasteiger partial charge in [0, 0.05) is 6.20 Å². The first kappa shape index (κ1) is 19.5. The van der Waals surface area contributed by atoms with E-state index in [0.29, 0.717) is 11.5 Å². The molecule has 1 N–H and O–H groups in total. The Labute approximate surface area is 162 Å². The van der Waals surface area contributed by atoms with Crippen molar-refractivity contribution in [3.8, 4) is 0 Å². The lowest BCUT2D eigenvalue weighted by Gasteiger charge is -2.20. The van der Waals surface area contributed by atoms with Crippen LogP contribution in [0.5, 0.6) is 0 Å². The molecule has 0 aliphatic heterocycles. The Balaban J connectivity index is 1.73. The zero-order valence-electron chi connectivity index (χ0n) is 14.8. The first-order valence-corrected chi connectivity index (χ1v) is 9.80. The van der Waals surface area contributed by atoms with Crippen LogP contribution in [0.25, 0.3) is 0 Å². The minimum Gasteiger partial charge on any atom is -0.468 e. The van der Waals surface area contributed by atoms with Gasteiger partial charge >= 0.3 is 0 Å². The third-order valence-electron chi connectivity index (χ3n) is 3.69. The normalized spacial score (nSPS) is 11.8. The zero-order chi connectivity index (χ0) is 19.8. The summed E-state index contributed by atoms with van der Waals surface area (Å²) < 4.78 is 32.2. The fourth-order valence-electron chi connectivity index (χ4n) is 2.36. The topological polar surface area (TPSA) is 105 Å². The maximum atomic E-state index is 12.9. The van der Waals surface area contributed by atoms with Crippen molar-refractivity contribution in [3.63, 3.8) is 0 Å². The molecule has 3 aromatic rings. The predicted molar refractivity (Wildman–Crippen MR) is 103 cm³/mol. The van der Waals surface area contributed by atoms with Crippen molar-refractivity contribution in [3.05, 3.63) is 84.6 Å². The Morgan fingerprint density at radius 3 is 2.57 bits per heavy atom. The largest absolute Gasteiger partial charge is 0.468 e. The Morgan fingerprint density at radius 2 is 1.89 bits per heavy atom. The highest BCUT2D eigenvalue weighted by Gasteiger charge is 2.27. The average molecular weight is 398 g/mol. The van der Waals surface area contributed by atoms with Crippen molar-refractivity contribution in [2.24, 2.45) is 5.10 Å². The first-order valence-electron chi connectivity index (χ1n) is 8.36. The molecule has 0 unspecified atom stereocenters. The molecule has 144 valence electrons. The smallest absolute Gasteiger partial charge is 0.255 e. The van der Waals surface area contributed by atoms with Gasteiger partial charge in [-0.15, -0.1) is 0 Å². The molecule has 2 aromatic heterocycles. The number of hydrazone groups is 1. The minimum absolute atomic E-state index is 0.0817. The van der Waals surface area contributed by atoms with Gasteiger partial charge in [-0.2, -0.15) is 9.41 Å². The second-order valence-electron chi connectivity index (χ2n) is 5.71. The number of aromatic nitrogens is 1. The van der Waals surface area contributed by atoms with Gasteiger partial charge in [0.15, 0.2) is 0 Å². The molecule has 0 aliphatic carbocycles. The lowest BCUT2D eigenvalue weighted by molar-refractivity contribution is -0.121. The number of amides is 1. The lowest BCUT2D eigenvalue weighted by Crippen LogP contribution is -2.39. The van der Waals surface area contributed by atoms with Crippen LogP contribution in [0, 0.1) is 0 Å². The Kier molecular flexibility index (Phi) is 6.30. The third-order valence-corrected chi connectivity index (χ3v) is 5.49. The molecule has 0 radical (unpaired) electrons. The molecule has 0 fully saturated rings. The van der Waals surface area contributed by atoms with Gasteiger partial charge in [0.05, 0.1) is 36.2 Å². The van der Waals surface area contributed by atoms with Crippen molar-refractivity contribution < 1.29 is 17.6 Å². The van der Waals surface area contributed by atoms with Crippen LogP contribution in [0.1, 0.15) is 11.5 Å². The van der Waals surface area contributed by atoms with Crippen LogP contribution in [-0.2, 0) is 21.4 Å². The molecule has 28 heavy (non-hydrogen) atoms. The summed E-state index contributed by atoms with van der Waals surface area (Å²) in [5.74, 6) is -0.164. The number of hydrogen-bond donors (Lipinski definition) is 1. The quantitative estimate of drug-likeness (QED) is 0.462.